The van der Waals surface area contributed by atoms with Crippen molar-refractivity contribution in [2.24, 2.45) is 0 Å². The minimum Gasteiger partial charge on any atom is -0.292 e. The number of pyridine rings is 2. The van der Waals surface area contributed by atoms with Crippen LogP contribution in [0.2, 0.25) is 5.02 Å². The molecule has 2 aromatic heterocycles. The molecule has 0 atom stereocenters. The first-order valence-electron chi connectivity index (χ1n) is 6.21. The molecule has 0 saturated heterocycles. The molecule has 0 aliphatic rings. The van der Waals surface area contributed by atoms with Crippen molar-refractivity contribution < 1.29 is 4.79 Å². The van der Waals surface area contributed by atoms with Gasteiger partial charge in [-0.05, 0) is 23.8 Å². The van der Waals surface area contributed by atoms with Crippen molar-refractivity contribution in [2.75, 3.05) is 0 Å². The van der Waals surface area contributed by atoms with Crippen LogP contribution in [0.5, 0.6) is 0 Å². The standard InChI is InChI=1S/C16H11ClN2O/c17-13-10-18-8-7-12(13)9-16(20)15-6-5-11-3-1-2-4-14(11)19-15/h1-8,10H,9H2. The van der Waals surface area contributed by atoms with Gasteiger partial charge >= 0.3 is 0 Å². The molecule has 0 saturated carbocycles. The van der Waals surface area contributed by atoms with Crippen LogP contribution in [0.25, 0.3) is 10.9 Å². The van der Waals surface area contributed by atoms with Crippen LogP contribution >= 0.6 is 11.6 Å². The maximum Gasteiger partial charge on any atom is 0.185 e. The second-order valence-corrected chi connectivity index (χ2v) is 4.86. The van der Waals surface area contributed by atoms with Gasteiger partial charge in [0.1, 0.15) is 5.69 Å². The van der Waals surface area contributed by atoms with Crippen LogP contribution in [0.3, 0.4) is 0 Å². The Morgan fingerprint density at radius 2 is 1.95 bits per heavy atom. The Kier molecular flexibility index (Phi) is 3.44. The summed E-state index contributed by atoms with van der Waals surface area (Å²) in [6, 6.07) is 13.1. The Balaban J connectivity index is 1.91. The molecule has 0 spiro atoms. The molecule has 0 N–H and O–H groups in total. The fourth-order valence-corrected chi connectivity index (χ4v) is 2.22. The largest absolute Gasteiger partial charge is 0.292 e. The predicted molar refractivity (Wildman–Crippen MR) is 79.0 cm³/mol. The first-order chi connectivity index (χ1) is 9.74. The third kappa shape index (κ3) is 2.53. The number of aromatic nitrogens is 2. The molecule has 0 radical (unpaired) electrons. The summed E-state index contributed by atoms with van der Waals surface area (Å²) >= 11 is 6.02. The van der Waals surface area contributed by atoms with Gasteiger partial charge in [0.15, 0.2) is 5.78 Å². The molecule has 0 amide bonds. The molecule has 0 aliphatic heterocycles. The lowest BCUT2D eigenvalue weighted by atomic mass is 10.1. The Hall–Kier alpha value is -2.26. The van der Waals surface area contributed by atoms with E-state index in [1.807, 2.05) is 30.3 Å². The van der Waals surface area contributed by atoms with E-state index in [2.05, 4.69) is 9.97 Å². The number of carbonyl (C=O) groups is 1. The van der Waals surface area contributed by atoms with Crippen molar-refractivity contribution in [3.8, 4) is 0 Å². The van der Waals surface area contributed by atoms with Crippen LogP contribution < -0.4 is 0 Å². The fraction of sp³-hybridized carbons (Fsp3) is 0.0625. The van der Waals surface area contributed by atoms with Crippen molar-refractivity contribution in [3.05, 3.63) is 71.1 Å². The number of ketones is 1. The van der Waals surface area contributed by atoms with Gasteiger partial charge < -0.3 is 0 Å². The molecule has 0 unspecified atom stereocenters. The Morgan fingerprint density at radius 3 is 2.80 bits per heavy atom. The first kappa shape index (κ1) is 12.8. The number of fused-ring (bicyclic) bond motifs is 1. The van der Waals surface area contributed by atoms with E-state index in [9.17, 15) is 4.79 Å². The van der Waals surface area contributed by atoms with Crippen molar-refractivity contribution in [3.63, 3.8) is 0 Å². The maximum atomic E-state index is 12.3. The summed E-state index contributed by atoms with van der Waals surface area (Å²) in [5.74, 6) is -0.0520. The van der Waals surface area contributed by atoms with E-state index in [0.717, 1.165) is 16.5 Å². The van der Waals surface area contributed by atoms with Crippen LogP contribution in [0.1, 0.15) is 16.1 Å². The second kappa shape index (κ2) is 5.39. The lowest BCUT2D eigenvalue weighted by molar-refractivity contribution is 0.0988. The lowest BCUT2D eigenvalue weighted by Gasteiger charge is -2.04. The summed E-state index contributed by atoms with van der Waals surface area (Å²) in [5, 5.41) is 1.52. The smallest absolute Gasteiger partial charge is 0.185 e. The number of halogens is 1. The minimum atomic E-state index is -0.0520. The number of para-hydroxylation sites is 1. The summed E-state index contributed by atoms with van der Waals surface area (Å²) in [7, 11) is 0. The van der Waals surface area contributed by atoms with Crippen LogP contribution in [0.15, 0.2) is 54.9 Å². The average Bonchev–Trinajstić information content (AvgIpc) is 2.49. The SMILES string of the molecule is O=C(Cc1ccncc1Cl)c1ccc2ccccc2n1. The zero-order valence-corrected chi connectivity index (χ0v) is 11.3. The summed E-state index contributed by atoms with van der Waals surface area (Å²) in [6.07, 6.45) is 3.40. The highest BCUT2D eigenvalue weighted by molar-refractivity contribution is 6.31. The van der Waals surface area contributed by atoms with Gasteiger partial charge in [0.05, 0.1) is 10.5 Å². The summed E-state index contributed by atoms with van der Waals surface area (Å²) in [6.45, 7) is 0. The number of nitrogens with zero attached hydrogens (tertiary/aromatic N) is 2. The average molecular weight is 283 g/mol. The van der Waals surface area contributed by atoms with Gasteiger partial charge in [0.25, 0.3) is 0 Å². The van der Waals surface area contributed by atoms with E-state index in [0.29, 0.717) is 10.7 Å². The Labute approximate surface area is 121 Å². The van der Waals surface area contributed by atoms with Gasteiger partial charge in [0.2, 0.25) is 0 Å². The van der Waals surface area contributed by atoms with Gasteiger partial charge in [-0.1, -0.05) is 35.9 Å². The Morgan fingerprint density at radius 1 is 1.10 bits per heavy atom. The monoisotopic (exact) mass is 282 g/mol. The fourth-order valence-electron chi connectivity index (χ4n) is 2.03. The number of carbonyl (C=O) groups excluding carboxylic acids is 1. The van der Waals surface area contributed by atoms with Crippen molar-refractivity contribution in [2.45, 2.75) is 6.42 Å². The van der Waals surface area contributed by atoms with Crippen molar-refractivity contribution >= 4 is 28.3 Å². The Bertz CT molecular complexity index is 786. The van der Waals surface area contributed by atoms with Gasteiger partial charge in [-0.2, -0.15) is 0 Å². The van der Waals surface area contributed by atoms with E-state index < -0.39 is 0 Å². The molecule has 3 rings (SSSR count). The highest BCUT2D eigenvalue weighted by atomic mass is 35.5. The second-order valence-electron chi connectivity index (χ2n) is 4.46. The number of hydrogen-bond acceptors (Lipinski definition) is 3. The van der Waals surface area contributed by atoms with Crippen molar-refractivity contribution in [1.82, 2.24) is 9.97 Å². The number of Topliss-reactive ketones (excluding diaryl/α,β-unsaturated/α-hetero) is 1. The van der Waals surface area contributed by atoms with E-state index in [1.165, 1.54) is 6.20 Å². The van der Waals surface area contributed by atoms with E-state index in [1.54, 1.807) is 18.3 Å². The highest BCUT2D eigenvalue weighted by Crippen LogP contribution is 2.17. The molecule has 4 heteroatoms. The molecule has 1 aromatic carbocycles. The minimum absolute atomic E-state index is 0.0520. The number of rotatable bonds is 3. The molecule has 2 heterocycles. The molecule has 3 aromatic rings. The van der Waals surface area contributed by atoms with Gasteiger partial charge in [-0.25, -0.2) is 4.98 Å². The van der Waals surface area contributed by atoms with Crippen LogP contribution in [-0.2, 0) is 6.42 Å². The molecule has 20 heavy (non-hydrogen) atoms. The summed E-state index contributed by atoms with van der Waals surface area (Å²) in [5.41, 5.74) is 2.04. The normalized spacial score (nSPS) is 10.7. The third-order valence-corrected chi connectivity index (χ3v) is 3.43. The van der Waals surface area contributed by atoms with Crippen LogP contribution in [-0.4, -0.2) is 15.8 Å². The summed E-state index contributed by atoms with van der Waals surface area (Å²) in [4.78, 5) is 20.6. The highest BCUT2D eigenvalue weighted by Gasteiger charge is 2.11. The third-order valence-electron chi connectivity index (χ3n) is 3.09. The van der Waals surface area contributed by atoms with E-state index >= 15 is 0 Å². The first-order valence-corrected chi connectivity index (χ1v) is 6.59. The number of hydrogen-bond donors (Lipinski definition) is 0. The molecule has 3 nitrogen and oxygen atoms in total. The summed E-state index contributed by atoms with van der Waals surface area (Å²) < 4.78 is 0. The quantitative estimate of drug-likeness (QED) is 0.688. The zero-order valence-electron chi connectivity index (χ0n) is 10.6. The van der Waals surface area contributed by atoms with E-state index in [4.69, 9.17) is 11.6 Å². The van der Waals surface area contributed by atoms with Gasteiger partial charge in [0, 0.05) is 24.2 Å². The lowest BCUT2D eigenvalue weighted by Crippen LogP contribution is -2.06. The molecule has 0 bridgehead atoms. The van der Waals surface area contributed by atoms with E-state index in [-0.39, 0.29) is 12.2 Å². The predicted octanol–water partition coefficient (Wildman–Crippen LogP) is 3.71. The zero-order chi connectivity index (χ0) is 13.9. The molecule has 98 valence electrons. The molecule has 0 fully saturated rings. The van der Waals surface area contributed by atoms with Gasteiger partial charge in [-0.15, -0.1) is 0 Å². The topological polar surface area (TPSA) is 42.9 Å². The maximum absolute atomic E-state index is 12.3. The van der Waals surface area contributed by atoms with Crippen LogP contribution in [0, 0.1) is 0 Å². The molecule has 0 aliphatic carbocycles. The molecular formula is C16H11ClN2O. The number of benzene rings is 1. The van der Waals surface area contributed by atoms with Crippen LogP contribution in [0.4, 0.5) is 0 Å². The molecular weight excluding hydrogens is 272 g/mol. The van der Waals surface area contributed by atoms with Crippen molar-refractivity contribution in [1.29, 1.82) is 0 Å². The van der Waals surface area contributed by atoms with Gasteiger partial charge in [-0.3, -0.25) is 9.78 Å².